The van der Waals surface area contributed by atoms with Crippen LogP contribution in [0.25, 0.3) is 22.3 Å². The average Bonchev–Trinajstić information content (AvgIpc) is 3.05. The number of carbonyl (C=O) groups is 2. The second-order valence-corrected chi connectivity index (χ2v) is 6.73. The van der Waals surface area contributed by atoms with Gasteiger partial charge in [0.05, 0.1) is 17.3 Å². The van der Waals surface area contributed by atoms with Crippen molar-refractivity contribution in [3.05, 3.63) is 65.0 Å². The molecule has 2 heterocycles. The minimum atomic E-state index is -0.946. The summed E-state index contributed by atoms with van der Waals surface area (Å²) >= 11 is 0. The number of nitrogens with zero attached hydrogens (tertiary/aromatic N) is 4. The second-order valence-electron chi connectivity index (χ2n) is 6.73. The summed E-state index contributed by atoms with van der Waals surface area (Å²) in [5, 5.41) is 5.29. The van der Waals surface area contributed by atoms with Crippen molar-refractivity contribution in [2.45, 2.75) is 26.3 Å². The molecule has 1 aromatic heterocycles. The lowest BCUT2D eigenvalue weighted by Gasteiger charge is -2.21. The summed E-state index contributed by atoms with van der Waals surface area (Å²) < 4.78 is 1.34. The number of amides is 2. The summed E-state index contributed by atoms with van der Waals surface area (Å²) in [7, 11) is 0. The number of rotatable bonds is 3. The molecule has 0 spiro atoms. The van der Waals surface area contributed by atoms with E-state index in [1.54, 1.807) is 32.0 Å². The first-order valence-electron chi connectivity index (χ1n) is 8.95. The number of hydrogen-bond acceptors (Lipinski definition) is 5. The van der Waals surface area contributed by atoms with Gasteiger partial charge >= 0.3 is 0 Å². The maximum absolute atomic E-state index is 13.3. The Morgan fingerprint density at radius 1 is 1.04 bits per heavy atom. The van der Waals surface area contributed by atoms with Gasteiger partial charge in [0.25, 0.3) is 17.4 Å². The lowest BCUT2D eigenvalue weighted by atomic mass is 10.1. The van der Waals surface area contributed by atoms with Crippen LogP contribution in [0.4, 0.5) is 0 Å². The lowest BCUT2D eigenvalue weighted by Crippen LogP contribution is -2.38. The number of hydrogen-bond donors (Lipinski definition) is 0. The van der Waals surface area contributed by atoms with E-state index in [1.165, 1.54) is 4.57 Å². The van der Waals surface area contributed by atoms with E-state index < -0.39 is 17.9 Å². The number of fused-ring (bicyclic) bond motifs is 1. The Labute approximate surface area is 160 Å². The number of hydrazone groups is 1. The summed E-state index contributed by atoms with van der Waals surface area (Å²) in [6.07, 6.45) is 0.106. The van der Waals surface area contributed by atoms with Crippen molar-refractivity contribution < 1.29 is 9.59 Å². The molecule has 1 unspecified atom stereocenters. The Morgan fingerprint density at radius 2 is 1.71 bits per heavy atom. The fourth-order valence-corrected chi connectivity index (χ4v) is 3.31. The molecule has 1 atom stereocenters. The highest BCUT2D eigenvalue weighted by Gasteiger charge is 2.33. The van der Waals surface area contributed by atoms with Crippen LogP contribution in [0.5, 0.6) is 0 Å². The molecule has 4 rings (SSSR count). The van der Waals surface area contributed by atoms with Gasteiger partial charge in [-0.15, -0.1) is 0 Å². The molecule has 0 N–H and O–H groups in total. The summed E-state index contributed by atoms with van der Waals surface area (Å²) in [5.41, 5.74) is 1.49. The fraction of sp³-hybridized carbons (Fsp3) is 0.190. The first kappa shape index (κ1) is 17.8. The molecule has 0 aliphatic carbocycles. The molecule has 140 valence electrons. The topological polar surface area (TPSA) is 84.6 Å². The van der Waals surface area contributed by atoms with E-state index in [0.29, 0.717) is 28.0 Å². The molecule has 7 nitrogen and oxygen atoms in total. The molecule has 0 radical (unpaired) electrons. The molecular weight excluding hydrogens is 356 g/mol. The SMILES string of the molecule is CC1=NN(C(=O)C(C)n2c(-c3ccccc3)nc3ccccc3c2=O)C(=O)C1. The van der Waals surface area contributed by atoms with Crippen LogP contribution >= 0.6 is 0 Å². The molecule has 2 aromatic carbocycles. The molecule has 0 saturated heterocycles. The van der Waals surface area contributed by atoms with Crippen molar-refractivity contribution in [1.29, 1.82) is 0 Å². The molecule has 3 aromatic rings. The maximum atomic E-state index is 13.3. The zero-order valence-corrected chi connectivity index (χ0v) is 15.5. The van der Waals surface area contributed by atoms with Gasteiger partial charge in [0.15, 0.2) is 0 Å². The molecule has 0 saturated carbocycles. The zero-order valence-electron chi connectivity index (χ0n) is 15.5. The molecule has 2 amide bonds. The number of imide groups is 1. The minimum absolute atomic E-state index is 0.106. The number of aromatic nitrogens is 2. The van der Waals surface area contributed by atoms with Crippen LogP contribution in [0.1, 0.15) is 26.3 Å². The summed E-state index contributed by atoms with van der Waals surface area (Å²) in [6.45, 7) is 3.28. The van der Waals surface area contributed by atoms with Gasteiger partial charge in [-0.1, -0.05) is 42.5 Å². The normalized spacial score (nSPS) is 15.0. The van der Waals surface area contributed by atoms with E-state index in [2.05, 4.69) is 10.1 Å². The number of benzene rings is 2. The van der Waals surface area contributed by atoms with Crippen molar-refractivity contribution >= 4 is 28.4 Å². The van der Waals surface area contributed by atoms with Crippen molar-refractivity contribution in [2.24, 2.45) is 5.10 Å². The van der Waals surface area contributed by atoms with Crippen LogP contribution in [0.15, 0.2) is 64.5 Å². The van der Waals surface area contributed by atoms with Crippen molar-refractivity contribution in [3.8, 4) is 11.4 Å². The Balaban J connectivity index is 1.92. The molecule has 28 heavy (non-hydrogen) atoms. The van der Waals surface area contributed by atoms with Crippen LogP contribution in [0, 0.1) is 0 Å². The van der Waals surface area contributed by atoms with Crippen molar-refractivity contribution in [2.75, 3.05) is 0 Å². The summed E-state index contributed by atoms with van der Waals surface area (Å²) in [4.78, 5) is 43.0. The van der Waals surface area contributed by atoms with Gasteiger partial charge in [-0.3, -0.25) is 19.0 Å². The third-order valence-electron chi connectivity index (χ3n) is 4.71. The van der Waals surface area contributed by atoms with Gasteiger partial charge in [-0.2, -0.15) is 10.1 Å². The first-order chi connectivity index (χ1) is 13.5. The molecule has 1 aliphatic rings. The highest BCUT2D eigenvalue weighted by Crippen LogP contribution is 2.24. The van der Waals surface area contributed by atoms with Gasteiger partial charge in [-0.05, 0) is 26.0 Å². The molecule has 1 aliphatic heterocycles. The highest BCUT2D eigenvalue weighted by atomic mass is 16.2. The van der Waals surface area contributed by atoms with E-state index in [-0.39, 0.29) is 12.0 Å². The Kier molecular flexibility index (Phi) is 4.35. The van der Waals surface area contributed by atoms with Gasteiger partial charge in [-0.25, -0.2) is 4.98 Å². The lowest BCUT2D eigenvalue weighted by molar-refractivity contribution is -0.145. The van der Waals surface area contributed by atoms with Crippen LogP contribution in [0.2, 0.25) is 0 Å². The van der Waals surface area contributed by atoms with Crippen LogP contribution in [0.3, 0.4) is 0 Å². The summed E-state index contributed by atoms with van der Waals surface area (Å²) in [6, 6.07) is 15.2. The van der Waals surface area contributed by atoms with Gasteiger partial charge in [0, 0.05) is 11.3 Å². The van der Waals surface area contributed by atoms with Crippen LogP contribution < -0.4 is 5.56 Å². The van der Waals surface area contributed by atoms with E-state index in [4.69, 9.17) is 0 Å². The van der Waals surface area contributed by atoms with E-state index in [9.17, 15) is 14.4 Å². The maximum Gasteiger partial charge on any atom is 0.272 e. The second kappa shape index (κ2) is 6.84. The van der Waals surface area contributed by atoms with Crippen molar-refractivity contribution in [1.82, 2.24) is 14.6 Å². The van der Waals surface area contributed by atoms with Gasteiger partial charge in [0.2, 0.25) is 0 Å². The van der Waals surface area contributed by atoms with Crippen LogP contribution in [-0.4, -0.2) is 32.1 Å². The third kappa shape index (κ3) is 2.90. The van der Waals surface area contributed by atoms with E-state index in [0.717, 1.165) is 5.01 Å². The first-order valence-corrected chi connectivity index (χ1v) is 8.95. The number of para-hydroxylation sites is 1. The Bertz CT molecular complexity index is 1180. The zero-order chi connectivity index (χ0) is 19.8. The smallest absolute Gasteiger partial charge is 0.272 e. The molecular formula is C21H18N4O3. The highest BCUT2D eigenvalue weighted by molar-refractivity contribution is 6.10. The Morgan fingerprint density at radius 3 is 2.39 bits per heavy atom. The third-order valence-corrected chi connectivity index (χ3v) is 4.71. The fourth-order valence-electron chi connectivity index (χ4n) is 3.31. The van der Waals surface area contributed by atoms with Gasteiger partial charge in [0.1, 0.15) is 11.9 Å². The predicted octanol–water partition coefficient (Wildman–Crippen LogP) is 2.76. The molecule has 0 bridgehead atoms. The van der Waals surface area contributed by atoms with Crippen LogP contribution in [-0.2, 0) is 9.59 Å². The predicted molar refractivity (Wildman–Crippen MR) is 106 cm³/mol. The summed E-state index contributed by atoms with van der Waals surface area (Å²) in [5.74, 6) is -0.576. The monoisotopic (exact) mass is 374 g/mol. The quantitative estimate of drug-likeness (QED) is 0.706. The number of carbonyl (C=O) groups excluding carboxylic acids is 2. The standard InChI is InChI=1S/C21H18N4O3/c1-13-12-18(26)25(23-13)20(27)14(2)24-19(15-8-4-3-5-9-15)22-17-11-7-6-10-16(17)21(24)28/h3-11,14H,12H2,1-2H3. The van der Waals surface area contributed by atoms with Gasteiger partial charge < -0.3 is 0 Å². The molecule has 7 heteroatoms. The minimum Gasteiger partial charge on any atom is -0.280 e. The molecule has 0 fully saturated rings. The Hall–Kier alpha value is -3.61. The van der Waals surface area contributed by atoms with E-state index >= 15 is 0 Å². The largest absolute Gasteiger partial charge is 0.280 e. The average molecular weight is 374 g/mol. The van der Waals surface area contributed by atoms with E-state index in [1.807, 2.05) is 36.4 Å². The van der Waals surface area contributed by atoms with Crippen molar-refractivity contribution in [3.63, 3.8) is 0 Å².